The Morgan fingerprint density at radius 2 is 2.27 bits per heavy atom. The molecule has 1 aromatic heterocycles. The Hall–Kier alpha value is -0.388. The summed E-state index contributed by atoms with van der Waals surface area (Å²) in [6.07, 6.45) is 1.91. The number of imidazole rings is 1. The fourth-order valence-electron chi connectivity index (χ4n) is 1.14. The van der Waals surface area contributed by atoms with Crippen molar-refractivity contribution in [1.82, 2.24) is 7.36 Å². The molecule has 0 amide bonds. The summed E-state index contributed by atoms with van der Waals surface area (Å²) in [5, 5.41) is 0. The van der Waals surface area contributed by atoms with Crippen LogP contribution in [0.4, 0.5) is 0 Å². The SMILES string of the molecule is Cc1ccc2nc[n]([Tl])c2c1. The van der Waals surface area contributed by atoms with E-state index in [1.165, 1.54) is 11.1 Å². The summed E-state index contributed by atoms with van der Waals surface area (Å²) in [5.74, 6) is 0. The van der Waals surface area contributed by atoms with Crippen LogP contribution in [0.5, 0.6) is 0 Å². The standard InChI is InChI=1S/C8H7N2.Tl/c1-6-2-3-7-8(4-6)10-5-9-7;/h2-5H,1H3;/q-1;+1. The van der Waals surface area contributed by atoms with Crippen molar-refractivity contribution < 1.29 is 0 Å². The van der Waals surface area contributed by atoms with Gasteiger partial charge in [0.25, 0.3) is 0 Å². The first kappa shape index (κ1) is 7.27. The van der Waals surface area contributed by atoms with Crippen LogP contribution in [-0.2, 0) is 0 Å². The van der Waals surface area contributed by atoms with Crippen molar-refractivity contribution in [3.63, 3.8) is 0 Å². The van der Waals surface area contributed by atoms with Crippen LogP contribution in [0.3, 0.4) is 0 Å². The Morgan fingerprint density at radius 1 is 1.45 bits per heavy atom. The molecule has 0 N–H and O–H groups in total. The van der Waals surface area contributed by atoms with Gasteiger partial charge in [-0.2, -0.15) is 0 Å². The zero-order valence-corrected chi connectivity index (χ0v) is 10.8. The molecule has 0 atom stereocenters. The maximum atomic E-state index is 4.26. The molecule has 0 saturated heterocycles. The first-order valence-corrected chi connectivity index (χ1v) is 5.47. The summed E-state index contributed by atoms with van der Waals surface area (Å²) in [5.41, 5.74) is 3.69. The predicted octanol–water partition coefficient (Wildman–Crippen LogP) is 1.28. The van der Waals surface area contributed by atoms with Crippen LogP contribution in [-0.4, -0.2) is 33.4 Å². The number of benzene rings is 1. The van der Waals surface area contributed by atoms with Crippen LogP contribution in [0.1, 0.15) is 5.56 Å². The van der Waals surface area contributed by atoms with Gasteiger partial charge in [-0.1, -0.05) is 0 Å². The molecule has 52 valence electrons. The van der Waals surface area contributed by atoms with Crippen molar-refractivity contribution in [2.75, 3.05) is 0 Å². The average Bonchev–Trinajstić information content (AvgIpc) is 2.33. The Balaban J connectivity index is 2.87. The molecule has 2 nitrogen and oxygen atoms in total. The second-order valence-corrected chi connectivity index (χ2v) is 4.81. The van der Waals surface area contributed by atoms with Crippen LogP contribution in [0.25, 0.3) is 11.0 Å². The molecule has 1 aromatic carbocycles. The maximum absolute atomic E-state index is 4.26. The first-order valence-electron chi connectivity index (χ1n) is 3.46. The minimum atomic E-state index is 0.812. The molecule has 1 heterocycles. The number of hydrogen-bond donors (Lipinski definition) is 0. The van der Waals surface area contributed by atoms with Crippen molar-refractivity contribution in [2.24, 2.45) is 0 Å². The number of nitrogens with zero attached hydrogens (tertiary/aromatic N) is 2. The molecule has 3 heteroatoms. The fourth-order valence-corrected chi connectivity index (χ4v) is 2.20. The second-order valence-electron chi connectivity index (χ2n) is 2.64. The number of hydrogen-bond acceptors (Lipinski definition) is 1. The molecule has 0 fully saturated rings. The van der Waals surface area contributed by atoms with E-state index in [0.717, 1.165) is 31.6 Å². The van der Waals surface area contributed by atoms with Gasteiger partial charge in [-0.05, 0) is 0 Å². The van der Waals surface area contributed by atoms with Gasteiger partial charge in [0.2, 0.25) is 0 Å². The van der Waals surface area contributed by atoms with Gasteiger partial charge in [-0.3, -0.25) is 0 Å². The molecule has 0 bridgehead atoms. The first-order chi connectivity index (χ1) is 5.27. The van der Waals surface area contributed by atoms with E-state index in [2.05, 4.69) is 32.5 Å². The second kappa shape index (κ2) is 2.58. The summed E-state index contributed by atoms with van der Waals surface area (Å²) < 4.78 is 2.20. The molecular formula is C8H7N2Tl. The van der Waals surface area contributed by atoms with Crippen LogP contribution < -0.4 is 0 Å². The summed E-state index contributed by atoms with van der Waals surface area (Å²) in [6, 6.07) is 6.35. The zero-order chi connectivity index (χ0) is 7.84. The van der Waals surface area contributed by atoms with E-state index in [1.54, 1.807) is 0 Å². The molecule has 2 rings (SSSR count). The van der Waals surface area contributed by atoms with Gasteiger partial charge < -0.3 is 0 Å². The number of aryl methyl sites for hydroxylation is 1. The summed E-state index contributed by atoms with van der Waals surface area (Å²) >= 11 is 0.812. The minimum absolute atomic E-state index is 0.812. The molecule has 0 aliphatic rings. The third kappa shape index (κ3) is 1.19. The van der Waals surface area contributed by atoms with Gasteiger partial charge in [0, 0.05) is 0 Å². The van der Waals surface area contributed by atoms with Crippen LogP contribution >= 0.6 is 0 Å². The van der Waals surface area contributed by atoms with E-state index in [1.807, 2.05) is 6.33 Å². The van der Waals surface area contributed by atoms with E-state index < -0.39 is 0 Å². The Labute approximate surface area is 81.3 Å². The van der Waals surface area contributed by atoms with Crippen LogP contribution in [0.2, 0.25) is 0 Å². The van der Waals surface area contributed by atoms with E-state index in [9.17, 15) is 0 Å². The molecule has 2 aromatic rings. The molecule has 0 aliphatic heterocycles. The molecule has 0 unspecified atom stereocenters. The topological polar surface area (TPSA) is 17.8 Å². The van der Waals surface area contributed by atoms with Gasteiger partial charge >= 0.3 is 81.5 Å². The van der Waals surface area contributed by atoms with E-state index in [4.69, 9.17) is 0 Å². The van der Waals surface area contributed by atoms with Gasteiger partial charge in [0.05, 0.1) is 0 Å². The van der Waals surface area contributed by atoms with Gasteiger partial charge in [-0.15, -0.1) is 0 Å². The number of rotatable bonds is 0. The third-order valence-corrected chi connectivity index (χ3v) is 3.33. The predicted molar refractivity (Wildman–Crippen MR) is 45.6 cm³/mol. The Kier molecular flexibility index (Phi) is 1.71. The molecule has 0 aliphatic carbocycles. The monoisotopic (exact) mass is 336 g/mol. The molecule has 0 radical (unpaired) electrons. The Morgan fingerprint density at radius 3 is 3.09 bits per heavy atom. The van der Waals surface area contributed by atoms with Crippen LogP contribution in [0.15, 0.2) is 24.5 Å². The zero-order valence-electron chi connectivity index (χ0n) is 6.28. The molecule has 0 spiro atoms. The van der Waals surface area contributed by atoms with Crippen molar-refractivity contribution in [1.29, 1.82) is 0 Å². The quantitative estimate of drug-likeness (QED) is 0.663. The van der Waals surface area contributed by atoms with E-state index in [0.29, 0.717) is 0 Å². The van der Waals surface area contributed by atoms with E-state index in [-0.39, 0.29) is 0 Å². The van der Waals surface area contributed by atoms with Crippen molar-refractivity contribution in [3.8, 4) is 0 Å². The fraction of sp³-hybridized carbons (Fsp3) is 0.125. The normalized spacial score (nSPS) is 10.5. The number of aromatic nitrogens is 2. The van der Waals surface area contributed by atoms with Crippen molar-refractivity contribution in [3.05, 3.63) is 30.1 Å². The third-order valence-electron chi connectivity index (χ3n) is 1.73. The van der Waals surface area contributed by atoms with Gasteiger partial charge in [0.1, 0.15) is 0 Å². The number of fused-ring (bicyclic) bond motifs is 1. The van der Waals surface area contributed by atoms with Gasteiger partial charge in [0.15, 0.2) is 0 Å². The van der Waals surface area contributed by atoms with Gasteiger partial charge in [-0.25, -0.2) is 0 Å². The van der Waals surface area contributed by atoms with Crippen molar-refractivity contribution in [2.45, 2.75) is 6.92 Å². The average molecular weight is 336 g/mol. The summed E-state index contributed by atoms with van der Waals surface area (Å²) in [7, 11) is 0. The van der Waals surface area contributed by atoms with Crippen LogP contribution in [0, 0.1) is 6.92 Å². The molecule has 0 saturated carbocycles. The summed E-state index contributed by atoms with van der Waals surface area (Å²) in [6.45, 7) is 2.11. The Bertz CT molecular complexity index is 392. The molecule has 11 heavy (non-hydrogen) atoms. The van der Waals surface area contributed by atoms with Crippen molar-refractivity contribution >= 4 is 37.1 Å². The summed E-state index contributed by atoms with van der Waals surface area (Å²) in [4.78, 5) is 4.26. The van der Waals surface area contributed by atoms with E-state index >= 15 is 0 Å². The molecular weight excluding hydrogens is 328 g/mol.